The third-order valence-electron chi connectivity index (χ3n) is 17.0. The summed E-state index contributed by atoms with van der Waals surface area (Å²) in [5.41, 5.74) is 12.5. The Bertz CT molecular complexity index is 3070. The van der Waals surface area contributed by atoms with E-state index in [0.29, 0.717) is 80.2 Å². The number of hydrogen-bond donors (Lipinski definition) is 13. The Balaban J connectivity index is 1.33. The lowest BCUT2D eigenvalue weighted by Gasteiger charge is -2.32. The number of hydrogen-bond acceptors (Lipinski definition) is 22. The molecule has 548 valence electrons. The number of aromatic amines is 1. The number of fused-ring (bicyclic) bond motifs is 4. The number of nitrogens with two attached hydrogens (primary N) is 2. The predicted molar refractivity (Wildman–Crippen MR) is 355 cm³/mol. The molecule has 0 spiro atoms. The first kappa shape index (κ1) is 81.5. The lowest BCUT2D eigenvalue weighted by molar-refractivity contribution is -0.143. The maximum absolute atomic E-state index is 15.3. The van der Waals surface area contributed by atoms with E-state index in [1.807, 2.05) is 0 Å². The third-order valence-corrected chi connectivity index (χ3v) is 19.5. The van der Waals surface area contributed by atoms with Crippen molar-refractivity contribution in [3.63, 3.8) is 0 Å². The van der Waals surface area contributed by atoms with Crippen LogP contribution in [0.5, 0.6) is 5.75 Å². The Morgan fingerprint density at radius 3 is 2.11 bits per heavy atom. The van der Waals surface area contributed by atoms with Crippen LogP contribution in [0.3, 0.4) is 0 Å². The van der Waals surface area contributed by atoms with Crippen molar-refractivity contribution < 1.29 is 101 Å². The highest BCUT2D eigenvalue weighted by Gasteiger charge is 2.45. The van der Waals surface area contributed by atoms with Gasteiger partial charge in [0.05, 0.1) is 97.4 Å². The summed E-state index contributed by atoms with van der Waals surface area (Å²) in [5.74, 6) is -10.6. The zero-order chi connectivity index (χ0) is 72.2. The molecule has 0 aliphatic carbocycles. The van der Waals surface area contributed by atoms with Crippen LogP contribution in [-0.4, -0.2) is 258 Å². The van der Waals surface area contributed by atoms with Crippen LogP contribution in [-0.2, 0) is 99.8 Å². The number of nitrogens with zero attached hydrogens (tertiary/aromatic N) is 2. The molecule has 2 saturated heterocycles. The number of H-pyrrole nitrogens is 1. The van der Waals surface area contributed by atoms with Crippen LogP contribution in [0.2, 0.25) is 0 Å². The fourth-order valence-electron chi connectivity index (χ4n) is 11.1. The largest absolute Gasteiger partial charge is 0.610 e. The van der Waals surface area contributed by atoms with Crippen LogP contribution in [0.15, 0.2) is 17.2 Å². The molecule has 33 nitrogen and oxygen atoms in total. The first-order valence-corrected chi connectivity index (χ1v) is 35.4. The van der Waals surface area contributed by atoms with Gasteiger partial charge in [-0.05, 0) is 43.1 Å². The highest BCUT2D eigenvalue weighted by molar-refractivity contribution is 7.98. The van der Waals surface area contributed by atoms with Crippen molar-refractivity contribution in [1.82, 2.24) is 52.0 Å². The molecule has 4 heterocycles. The molecule has 2 fully saturated rings. The summed E-state index contributed by atoms with van der Waals surface area (Å²) in [7, 11) is 1.43. The zero-order valence-electron chi connectivity index (χ0n) is 56.4. The monoisotopic (exact) mass is 1420 g/mol. The summed E-state index contributed by atoms with van der Waals surface area (Å²) in [6, 6.07) is -6.39. The van der Waals surface area contributed by atoms with Gasteiger partial charge in [0.25, 0.3) is 0 Å². The number of benzene rings is 1. The summed E-state index contributed by atoms with van der Waals surface area (Å²) < 4.78 is 43.1. The third kappa shape index (κ3) is 24.6. The number of carbonyl (C=O) groups excluding carboxylic acids is 12. The maximum atomic E-state index is 15.3. The summed E-state index contributed by atoms with van der Waals surface area (Å²) in [4.78, 5) is 166. The van der Waals surface area contributed by atoms with E-state index in [1.54, 1.807) is 39.8 Å². The van der Waals surface area contributed by atoms with Crippen molar-refractivity contribution in [3.05, 3.63) is 23.3 Å². The lowest BCUT2D eigenvalue weighted by atomic mass is 9.93. The number of thioether (sulfide) groups is 1. The number of nitrogens with one attached hydrogen (secondary N) is 8. The van der Waals surface area contributed by atoms with E-state index in [4.69, 9.17) is 35.2 Å². The molecule has 3 aliphatic rings. The fraction of sp³-hybridized carbons (Fsp3) is 0.683. The summed E-state index contributed by atoms with van der Waals surface area (Å²) in [6.45, 7) is 8.79. The van der Waals surface area contributed by atoms with Gasteiger partial charge in [-0.15, -0.1) is 0 Å². The van der Waals surface area contributed by atoms with Gasteiger partial charge in [-0.2, -0.15) is 11.8 Å². The maximum Gasteiger partial charge on any atom is 0.248 e. The number of carbonyl (C=O) groups is 12. The fourth-order valence-corrected chi connectivity index (χ4v) is 13.5. The van der Waals surface area contributed by atoms with Crippen LogP contribution in [0.25, 0.3) is 10.9 Å². The summed E-state index contributed by atoms with van der Waals surface area (Å²) in [6.07, 6.45) is -2.78. The Hall–Kier alpha value is -7.22. The van der Waals surface area contributed by atoms with Gasteiger partial charge in [-0.3, -0.25) is 62.4 Å². The molecular formula is C63H98N12O21S2. The van der Waals surface area contributed by atoms with Crippen molar-refractivity contribution in [2.75, 3.05) is 104 Å². The lowest BCUT2D eigenvalue weighted by Crippen LogP contribution is -2.61. The molecule has 12 amide bonds. The Kier molecular flexibility index (Phi) is 34.4. The molecule has 0 bridgehead atoms. The molecule has 35 heteroatoms. The molecule has 1 aromatic carbocycles. The minimum Gasteiger partial charge on any atom is -0.610 e. The Morgan fingerprint density at radius 1 is 0.827 bits per heavy atom. The number of likely N-dealkylation sites (tertiary alicyclic amines) is 1. The van der Waals surface area contributed by atoms with Crippen LogP contribution in [0.1, 0.15) is 104 Å². The number of amides is 12. The van der Waals surface area contributed by atoms with E-state index < -0.39 is 170 Å². The molecule has 2 aromatic rings. The normalized spacial score (nSPS) is 22.3. The van der Waals surface area contributed by atoms with Crippen molar-refractivity contribution in [3.8, 4) is 5.75 Å². The van der Waals surface area contributed by atoms with Gasteiger partial charge >= 0.3 is 0 Å². The second kappa shape index (κ2) is 41.4. The minimum atomic E-state index is -2.45. The molecule has 2 unspecified atom stereocenters. The smallest absolute Gasteiger partial charge is 0.248 e. The number of aliphatic hydroxyl groups is 3. The minimum absolute atomic E-state index is 0.0604. The van der Waals surface area contributed by atoms with Gasteiger partial charge < -0.3 is 102 Å². The van der Waals surface area contributed by atoms with Gasteiger partial charge in [-0.1, -0.05) is 41.0 Å². The zero-order valence-corrected chi connectivity index (χ0v) is 58.1. The summed E-state index contributed by atoms with van der Waals surface area (Å²) in [5, 5.41) is 50.0. The van der Waals surface area contributed by atoms with Crippen molar-refractivity contribution in [2.24, 2.45) is 29.2 Å². The number of methoxy groups -OCH3 is 1. The molecule has 0 saturated carbocycles. The van der Waals surface area contributed by atoms with Gasteiger partial charge in [0.15, 0.2) is 6.04 Å². The van der Waals surface area contributed by atoms with Gasteiger partial charge in [0.1, 0.15) is 41.7 Å². The molecule has 15 N–H and O–H groups in total. The Labute approximate surface area is 576 Å². The first-order valence-electron chi connectivity index (χ1n) is 33.0. The average molecular weight is 1420 g/mol. The molecule has 5 rings (SSSR count). The highest BCUT2D eigenvalue weighted by Crippen LogP contribution is 2.37. The second-order valence-electron chi connectivity index (χ2n) is 24.3. The number of aliphatic hydroxyl groups excluding tert-OH is 3. The van der Waals surface area contributed by atoms with Crippen molar-refractivity contribution in [2.45, 2.75) is 158 Å². The first-order chi connectivity index (χ1) is 46.7. The second-order valence-corrected chi connectivity index (χ2v) is 26.8. The molecule has 98 heavy (non-hydrogen) atoms. The molecule has 1 aromatic heterocycles. The molecule has 12 atom stereocenters. The van der Waals surface area contributed by atoms with Gasteiger partial charge in [0.2, 0.25) is 75.9 Å². The number of rotatable bonds is 38. The number of unbranched alkanes of at least 4 members (excludes halogenated alkanes) is 1. The van der Waals surface area contributed by atoms with Gasteiger partial charge in [-0.25, -0.2) is 0 Å². The standard InChI is InChI=1S/C63H98N12O21S2/c1-7-35(3)53(71-49(80)8-2)59(87)67-30-51(82)68-44-34-98(91)61-40(29-43(56(65)84)70-60(88)54(37(5)46(78)32-76)72-58(86)45-28-38(77)31-75(45)63(90)42(69-57(44)85)12-14-48(64)79)39-11-13-47(92-6)41(55(39)73-61)33-97-26-10-9-16-66-50(81)15-18-93-20-22-95-24-25-96-23-21-94-19-17-74-52(83)27-36(4)62(74)89/h11,13,35-38,42-46,53-54,73,76-78H,7-10,12,14-34H2,1-6H3,(H2,64,79)(H2,65,84)(H,66,81)(H,67,87)(H,68,82)(H,69,85)(H,70,88)(H,71,80)(H,72,86)/t35-,36?,37-,38+,42-,43-,44-,45-,46-,53-,54-,98?/m0/s1. The van der Waals surface area contributed by atoms with E-state index in [2.05, 4.69) is 42.2 Å². The van der Waals surface area contributed by atoms with Crippen LogP contribution in [0.4, 0.5) is 0 Å². The molecular weight excluding hydrogens is 1320 g/mol. The van der Waals surface area contributed by atoms with Crippen molar-refractivity contribution >= 4 is 105 Å². The average Bonchev–Trinajstić information content (AvgIpc) is 1.61. The van der Waals surface area contributed by atoms with Crippen LogP contribution >= 0.6 is 11.8 Å². The van der Waals surface area contributed by atoms with E-state index >= 15 is 4.55 Å². The van der Waals surface area contributed by atoms with Crippen LogP contribution in [0, 0.1) is 17.8 Å². The highest BCUT2D eigenvalue weighted by atomic mass is 32.2. The number of imide groups is 1. The summed E-state index contributed by atoms with van der Waals surface area (Å²) >= 11 is -0.958. The van der Waals surface area contributed by atoms with Gasteiger partial charge in [0, 0.05) is 96.9 Å². The van der Waals surface area contributed by atoms with E-state index in [1.165, 1.54) is 30.7 Å². The number of ether oxygens (including phenoxy) is 5. The topological polar surface area (TPSA) is 493 Å². The van der Waals surface area contributed by atoms with E-state index in [0.717, 1.165) is 4.90 Å². The quantitative estimate of drug-likeness (QED) is 0.0176. The SMILES string of the molecule is CCC(=O)N[C@H](C(=O)NCC(=O)N[C@H]1C[S+]([O-])c2[nH]c3c(CSCCCCNC(=O)CCOCCOCCOCCOCCN4C(=O)CC(C)C4=O)c(OC)ccc3c2C[C@@H](C(N)=O)NC(=O)[C@H]([C@@H](C)[C@@H](O)CO)NC(=O)[C@@H]2C[C@@H](O)CN2C(=O)[C@H](CCC(N)=O)NC1=O)[C@@H](C)CC. The van der Waals surface area contributed by atoms with Crippen molar-refractivity contribution in [1.29, 1.82) is 0 Å². The number of primary amides is 2. The molecule has 0 radical (unpaired) electrons. The Morgan fingerprint density at radius 2 is 1.50 bits per heavy atom. The number of aromatic nitrogens is 1. The van der Waals surface area contributed by atoms with E-state index in [9.17, 15) is 72.9 Å². The van der Waals surface area contributed by atoms with Crippen LogP contribution < -0.4 is 53.4 Å². The molecule has 3 aliphatic heterocycles. The predicted octanol–water partition coefficient (Wildman–Crippen LogP) is -3.48. The van der Waals surface area contributed by atoms with E-state index in [-0.39, 0.29) is 98.1 Å².